The first kappa shape index (κ1) is 14.1. The van der Waals surface area contributed by atoms with Gasteiger partial charge in [-0.1, -0.05) is 6.07 Å². The van der Waals surface area contributed by atoms with E-state index in [1.54, 1.807) is 6.26 Å². The Morgan fingerprint density at radius 1 is 1.42 bits per heavy atom. The van der Waals surface area contributed by atoms with Crippen molar-refractivity contribution < 1.29 is 14.3 Å². The van der Waals surface area contributed by atoms with E-state index in [-0.39, 0.29) is 0 Å². The number of rotatable bonds is 7. The van der Waals surface area contributed by atoms with Crippen LogP contribution in [0.2, 0.25) is 0 Å². The molecule has 0 saturated carbocycles. The second kappa shape index (κ2) is 7.33. The minimum atomic E-state index is -0.511. The zero-order valence-corrected chi connectivity index (χ0v) is 11.6. The average molecular weight is 279 g/mol. The first-order valence-electron chi connectivity index (χ1n) is 6.07. The van der Waals surface area contributed by atoms with Crippen molar-refractivity contribution in [3.63, 3.8) is 0 Å². The van der Waals surface area contributed by atoms with Gasteiger partial charge in [-0.05, 0) is 30.7 Å². The van der Waals surface area contributed by atoms with Gasteiger partial charge in [0, 0.05) is 11.9 Å². The zero-order valence-electron chi connectivity index (χ0n) is 10.8. The summed E-state index contributed by atoms with van der Waals surface area (Å²) in [6.07, 6.45) is 2.92. The number of hydrogen-bond acceptors (Lipinski definition) is 5. The Bertz CT molecular complexity index is 470. The molecule has 0 aromatic carbocycles. The molecule has 1 N–H and O–H groups in total. The fourth-order valence-corrected chi connectivity index (χ4v) is 2.21. The number of aromatic nitrogens is 1. The number of hydrogen-bond donors (Lipinski definition) is 1. The van der Waals surface area contributed by atoms with E-state index < -0.39 is 6.10 Å². The maximum atomic E-state index is 9.79. The van der Waals surface area contributed by atoms with Crippen molar-refractivity contribution in [2.45, 2.75) is 24.7 Å². The van der Waals surface area contributed by atoms with Crippen LogP contribution in [0.3, 0.4) is 0 Å². The normalized spacial score (nSPS) is 12.5. The van der Waals surface area contributed by atoms with Crippen molar-refractivity contribution in [3.8, 4) is 0 Å². The number of nitrogens with zero attached hydrogens (tertiary/aromatic N) is 1. The van der Waals surface area contributed by atoms with E-state index in [4.69, 9.17) is 9.15 Å². The van der Waals surface area contributed by atoms with E-state index in [9.17, 15) is 5.11 Å². The molecule has 0 amide bonds. The molecule has 2 aromatic heterocycles. The molecule has 0 fully saturated rings. The first-order valence-corrected chi connectivity index (χ1v) is 7.06. The number of aryl methyl sites for hydroxylation is 1. The molecule has 0 aliphatic heterocycles. The van der Waals surface area contributed by atoms with Gasteiger partial charge in [0.1, 0.15) is 12.4 Å². The van der Waals surface area contributed by atoms with Crippen LogP contribution in [0, 0.1) is 6.92 Å². The van der Waals surface area contributed by atoms with E-state index in [1.165, 1.54) is 11.8 Å². The molecule has 5 heteroatoms. The highest BCUT2D eigenvalue weighted by Crippen LogP contribution is 2.16. The number of thioether (sulfide) groups is 1. The van der Waals surface area contributed by atoms with E-state index in [2.05, 4.69) is 4.98 Å². The van der Waals surface area contributed by atoms with Crippen LogP contribution in [0.1, 0.15) is 11.3 Å². The van der Waals surface area contributed by atoms with Gasteiger partial charge in [-0.3, -0.25) is 0 Å². The summed E-state index contributed by atoms with van der Waals surface area (Å²) in [5.74, 6) is 1.33. The highest BCUT2D eigenvalue weighted by molar-refractivity contribution is 7.99. The van der Waals surface area contributed by atoms with Gasteiger partial charge < -0.3 is 14.3 Å². The van der Waals surface area contributed by atoms with Crippen molar-refractivity contribution in [2.75, 3.05) is 12.4 Å². The second-order valence-corrected chi connectivity index (χ2v) is 5.27. The number of ether oxygens (including phenoxy) is 1. The summed E-state index contributed by atoms with van der Waals surface area (Å²) in [5, 5.41) is 10.7. The Morgan fingerprint density at radius 3 is 3.00 bits per heavy atom. The van der Waals surface area contributed by atoms with Gasteiger partial charge in [-0.25, -0.2) is 4.98 Å². The second-order valence-electron chi connectivity index (χ2n) is 4.23. The van der Waals surface area contributed by atoms with Crippen molar-refractivity contribution in [1.29, 1.82) is 0 Å². The van der Waals surface area contributed by atoms with Gasteiger partial charge in [0.2, 0.25) is 0 Å². The molecule has 1 unspecified atom stereocenters. The van der Waals surface area contributed by atoms with Gasteiger partial charge in [0.05, 0.1) is 24.0 Å². The minimum Gasteiger partial charge on any atom is -0.467 e. The average Bonchev–Trinajstić information content (AvgIpc) is 2.91. The van der Waals surface area contributed by atoms with Crippen molar-refractivity contribution >= 4 is 11.8 Å². The number of pyridine rings is 1. The summed E-state index contributed by atoms with van der Waals surface area (Å²) in [6, 6.07) is 7.62. The molecule has 2 heterocycles. The lowest BCUT2D eigenvalue weighted by Gasteiger charge is -2.10. The minimum absolute atomic E-state index is 0.291. The monoisotopic (exact) mass is 279 g/mol. The number of aliphatic hydroxyl groups excluding tert-OH is 1. The molecule has 102 valence electrons. The Morgan fingerprint density at radius 2 is 2.32 bits per heavy atom. The van der Waals surface area contributed by atoms with Crippen LogP contribution in [-0.4, -0.2) is 28.6 Å². The van der Waals surface area contributed by atoms with Crippen molar-refractivity contribution in [1.82, 2.24) is 4.98 Å². The van der Waals surface area contributed by atoms with Gasteiger partial charge in [-0.15, -0.1) is 11.8 Å². The standard InChI is InChI=1S/C14H17NO3S/c1-11-4-5-14(15-7-11)19-10-12(16)8-17-9-13-3-2-6-18-13/h2-7,12,16H,8-10H2,1H3. The lowest BCUT2D eigenvalue weighted by molar-refractivity contribution is 0.0328. The van der Waals surface area contributed by atoms with Gasteiger partial charge in [0.15, 0.2) is 0 Å². The fourth-order valence-electron chi connectivity index (χ4n) is 1.46. The molecular formula is C14H17NO3S. The summed E-state index contributed by atoms with van der Waals surface area (Å²) in [5.41, 5.74) is 1.13. The van der Waals surface area contributed by atoms with Gasteiger partial charge in [-0.2, -0.15) is 0 Å². The molecule has 19 heavy (non-hydrogen) atoms. The molecule has 0 spiro atoms. The highest BCUT2D eigenvalue weighted by atomic mass is 32.2. The van der Waals surface area contributed by atoms with Crippen LogP contribution < -0.4 is 0 Å². The van der Waals surface area contributed by atoms with E-state index in [1.807, 2.05) is 37.4 Å². The van der Waals surface area contributed by atoms with Crippen LogP contribution >= 0.6 is 11.8 Å². The third kappa shape index (κ3) is 5.06. The molecule has 0 bridgehead atoms. The Hall–Kier alpha value is -1.30. The number of aliphatic hydroxyl groups is 1. The van der Waals surface area contributed by atoms with Gasteiger partial charge in [0.25, 0.3) is 0 Å². The maximum absolute atomic E-state index is 9.79. The van der Waals surface area contributed by atoms with E-state index >= 15 is 0 Å². The van der Waals surface area contributed by atoms with E-state index in [0.29, 0.717) is 19.0 Å². The van der Waals surface area contributed by atoms with Crippen molar-refractivity contribution in [3.05, 3.63) is 48.0 Å². The predicted molar refractivity (Wildman–Crippen MR) is 74.1 cm³/mol. The lowest BCUT2D eigenvalue weighted by Crippen LogP contribution is -2.17. The first-order chi connectivity index (χ1) is 9.24. The molecule has 0 aliphatic carbocycles. The van der Waals surface area contributed by atoms with Crippen LogP contribution in [0.5, 0.6) is 0 Å². The molecule has 1 atom stereocenters. The SMILES string of the molecule is Cc1ccc(SCC(O)COCc2ccco2)nc1. The van der Waals surface area contributed by atoms with Gasteiger partial charge >= 0.3 is 0 Å². The van der Waals surface area contributed by atoms with Crippen LogP contribution in [0.25, 0.3) is 0 Å². The smallest absolute Gasteiger partial charge is 0.129 e. The number of furan rings is 1. The quantitative estimate of drug-likeness (QED) is 0.790. The zero-order chi connectivity index (χ0) is 13.5. The Kier molecular flexibility index (Phi) is 5.44. The molecular weight excluding hydrogens is 262 g/mol. The summed E-state index contributed by atoms with van der Waals surface area (Å²) in [7, 11) is 0. The summed E-state index contributed by atoms with van der Waals surface area (Å²) in [6.45, 7) is 2.68. The van der Waals surface area contributed by atoms with Crippen LogP contribution in [0.4, 0.5) is 0 Å². The third-order valence-corrected chi connectivity index (χ3v) is 3.53. The van der Waals surface area contributed by atoms with Crippen LogP contribution in [-0.2, 0) is 11.3 Å². The van der Waals surface area contributed by atoms with Crippen molar-refractivity contribution in [2.24, 2.45) is 0 Å². The molecule has 0 saturated heterocycles. The molecule has 2 aromatic rings. The van der Waals surface area contributed by atoms with Crippen LogP contribution in [0.15, 0.2) is 46.2 Å². The molecule has 2 rings (SSSR count). The predicted octanol–water partition coefficient (Wildman–Crippen LogP) is 2.65. The summed E-state index contributed by atoms with van der Waals surface area (Å²) >= 11 is 1.52. The fraction of sp³-hybridized carbons (Fsp3) is 0.357. The Labute approximate surface area is 116 Å². The summed E-state index contributed by atoms with van der Waals surface area (Å²) in [4.78, 5) is 4.27. The third-order valence-electron chi connectivity index (χ3n) is 2.44. The topological polar surface area (TPSA) is 55.5 Å². The largest absolute Gasteiger partial charge is 0.467 e. The maximum Gasteiger partial charge on any atom is 0.129 e. The molecule has 4 nitrogen and oxygen atoms in total. The molecule has 0 aliphatic rings. The van der Waals surface area contributed by atoms with E-state index in [0.717, 1.165) is 16.3 Å². The Balaban J connectivity index is 1.64. The molecule has 0 radical (unpaired) electrons. The lowest BCUT2D eigenvalue weighted by atomic mass is 10.3. The summed E-state index contributed by atoms with van der Waals surface area (Å²) < 4.78 is 10.5. The highest BCUT2D eigenvalue weighted by Gasteiger charge is 2.07.